The van der Waals surface area contributed by atoms with Gasteiger partial charge in [0.2, 0.25) is 0 Å². The van der Waals surface area contributed by atoms with Crippen LogP contribution in [0.15, 0.2) is 12.3 Å². The molecule has 1 radical (unpaired) electrons. The number of aromatic nitrogens is 2. The van der Waals surface area contributed by atoms with Crippen molar-refractivity contribution in [2.75, 3.05) is 0 Å². The van der Waals surface area contributed by atoms with Gasteiger partial charge in [-0.2, -0.15) is 5.10 Å². The summed E-state index contributed by atoms with van der Waals surface area (Å²) in [6.45, 7) is 12.4. The highest BCUT2D eigenvalue weighted by Crippen LogP contribution is 2.33. The van der Waals surface area contributed by atoms with E-state index in [1.54, 1.807) is 0 Å². The van der Waals surface area contributed by atoms with Crippen molar-refractivity contribution in [1.29, 1.82) is 0 Å². The third-order valence-corrected chi connectivity index (χ3v) is 4.82. The van der Waals surface area contributed by atoms with Crippen LogP contribution in [-0.4, -0.2) is 27.8 Å². The molecule has 1 heterocycles. The van der Waals surface area contributed by atoms with Gasteiger partial charge in [0, 0.05) is 12.2 Å². The molecule has 0 aromatic carbocycles. The SMILES string of the molecule is CCCCCC(C)n1nccc1[B]CC(C)(C)C(C)(C)O. The van der Waals surface area contributed by atoms with Gasteiger partial charge in [0.25, 0.3) is 0 Å². The third-order valence-electron chi connectivity index (χ3n) is 4.82. The molecule has 0 saturated carbocycles. The van der Waals surface area contributed by atoms with Gasteiger partial charge < -0.3 is 5.11 Å². The van der Waals surface area contributed by atoms with Crippen LogP contribution >= 0.6 is 0 Å². The minimum absolute atomic E-state index is 0.159. The Bertz CT molecular complexity index is 421. The minimum atomic E-state index is -0.693. The van der Waals surface area contributed by atoms with Crippen LogP contribution in [0, 0.1) is 5.41 Å². The highest BCUT2D eigenvalue weighted by Gasteiger charge is 2.34. The maximum Gasteiger partial charge on any atom is 0.177 e. The van der Waals surface area contributed by atoms with Gasteiger partial charge in [0.15, 0.2) is 7.28 Å². The fourth-order valence-corrected chi connectivity index (χ4v) is 2.28. The first-order valence-corrected chi connectivity index (χ1v) is 8.28. The zero-order chi connectivity index (χ0) is 16.1. The zero-order valence-corrected chi connectivity index (χ0v) is 14.7. The van der Waals surface area contributed by atoms with Crippen LogP contribution in [0.5, 0.6) is 0 Å². The van der Waals surface area contributed by atoms with Crippen LogP contribution in [0.1, 0.15) is 73.3 Å². The lowest BCUT2D eigenvalue weighted by molar-refractivity contribution is -0.0236. The van der Waals surface area contributed by atoms with Gasteiger partial charge >= 0.3 is 0 Å². The van der Waals surface area contributed by atoms with Gasteiger partial charge in [0.1, 0.15) is 0 Å². The molecule has 0 bridgehead atoms. The number of hydrogen-bond donors (Lipinski definition) is 1. The molecular formula is C17H32BN2O. The lowest BCUT2D eigenvalue weighted by atomic mass is 9.57. The lowest BCUT2D eigenvalue weighted by Crippen LogP contribution is -2.41. The molecule has 4 heteroatoms. The summed E-state index contributed by atoms with van der Waals surface area (Å²) < 4.78 is 2.12. The summed E-state index contributed by atoms with van der Waals surface area (Å²) in [5.74, 6) is 0. The second-order valence-corrected chi connectivity index (χ2v) is 7.40. The molecule has 1 rings (SSSR count). The van der Waals surface area contributed by atoms with Gasteiger partial charge in [-0.3, -0.25) is 4.68 Å². The maximum absolute atomic E-state index is 10.3. The molecule has 0 aliphatic carbocycles. The lowest BCUT2D eigenvalue weighted by Gasteiger charge is -2.37. The standard InChI is InChI=1S/C17H32BN2O/c1-7-8-9-10-14(2)20-15(11-12-19-20)18-13-16(3,4)17(5,6)21/h11-12,14,21H,7-10,13H2,1-6H3. The molecule has 1 aromatic heterocycles. The topological polar surface area (TPSA) is 38.0 Å². The van der Waals surface area contributed by atoms with Crippen molar-refractivity contribution in [1.82, 2.24) is 9.78 Å². The summed E-state index contributed by atoms with van der Waals surface area (Å²) in [5, 5.41) is 14.7. The summed E-state index contributed by atoms with van der Waals surface area (Å²) in [6, 6.07) is 2.50. The Kier molecular flexibility index (Phi) is 6.52. The van der Waals surface area contributed by atoms with Crippen molar-refractivity contribution < 1.29 is 5.11 Å². The van der Waals surface area contributed by atoms with Crippen molar-refractivity contribution in [3.05, 3.63) is 12.3 Å². The zero-order valence-electron chi connectivity index (χ0n) is 14.7. The minimum Gasteiger partial charge on any atom is -0.390 e. The van der Waals surface area contributed by atoms with E-state index in [9.17, 15) is 5.11 Å². The second kappa shape index (κ2) is 7.48. The van der Waals surface area contributed by atoms with Crippen LogP contribution < -0.4 is 5.59 Å². The van der Waals surface area contributed by atoms with E-state index in [0.717, 1.165) is 11.9 Å². The van der Waals surface area contributed by atoms with Gasteiger partial charge in [0.05, 0.1) is 5.60 Å². The van der Waals surface area contributed by atoms with Gasteiger partial charge in [-0.1, -0.05) is 46.4 Å². The van der Waals surface area contributed by atoms with E-state index in [1.165, 1.54) is 25.7 Å². The Balaban J connectivity index is 2.63. The largest absolute Gasteiger partial charge is 0.390 e. The van der Waals surface area contributed by atoms with Crippen molar-refractivity contribution >= 4 is 12.9 Å². The molecule has 0 amide bonds. The second-order valence-electron chi connectivity index (χ2n) is 7.40. The number of hydrogen-bond acceptors (Lipinski definition) is 2. The predicted molar refractivity (Wildman–Crippen MR) is 91.4 cm³/mol. The van der Waals surface area contributed by atoms with Crippen LogP contribution in [-0.2, 0) is 0 Å². The van der Waals surface area contributed by atoms with E-state index in [4.69, 9.17) is 0 Å². The smallest absolute Gasteiger partial charge is 0.177 e. The number of rotatable bonds is 9. The molecule has 0 aliphatic heterocycles. The first-order chi connectivity index (χ1) is 9.69. The molecule has 1 atom stereocenters. The van der Waals surface area contributed by atoms with E-state index in [2.05, 4.69) is 50.8 Å². The molecule has 1 aromatic rings. The molecule has 3 nitrogen and oxygen atoms in total. The van der Waals surface area contributed by atoms with E-state index < -0.39 is 5.60 Å². The average Bonchev–Trinajstić information content (AvgIpc) is 2.83. The summed E-state index contributed by atoms with van der Waals surface area (Å²) in [4.78, 5) is 0. The van der Waals surface area contributed by atoms with Crippen molar-refractivity contribution in [3.63, 3.8) is 0 Å². The number of nitrogens with zero attached hydrogens (tertiary/aromatic N) is 2. The van der Waals surface area contributed by atoms with Gasteiger partial charge in [-0.25, -0.2) is 0 Å². The fourth-order valence-electron chi connectivity index (χ4n) is 2.28. The fraction of sp³-hybridized carbons (Fsp3) is 0.824. The average molecular weight is 291 g/mol. The first-order valence-electron chi connectivity index (χ1n) is 8.28. The molecule has 0 fully saturated rings. The van der Waals surface area contributed by atoms with Crippen LogP contribution in [0.2, 0.25) is 6.32 Å². The van der Waals surface area contributed by atoms with Crippen LogP contribution in [0.3, 0.4) is 0 Å². The van der Waals surface area contributed by atoms with Crippen molar-refractivity contribution in [2.45, 2.75) is 85.2 Å². The van der Waals surface area contributed by atoms with E-state index in [0.29, 0.717) is 6.04 Å². The Morgan fingerprint density at radius 1 is 1.29 bits per heavy atom. The summed E-state index contributed by atoms with van der Waals surface area (Å²) >= 11 is 0. The van der Waals surface area contributed by atoms with Gasteiger partial charge in [-0.15, -0.1) is 0 Å². The molecular weight excluding hydrogens is 259 g/mol. The quantitative estimate of drug-likeness (QED) is 0.558. The maximum atomic E-state index is 10.3. The normalized spacial score (nSPS) is 14.2. The van der Waals surface area contributed by atoms with Crippen LogP contribution in [0.25, 0.3) is 0 Å². The Morgan fingerprint density at radius 2 is 1.95 bits per heavy atom. The van der Waals surface area contributed by atoms with E-state index >= 15 is 0 Å². The highest BCUT2D eigenvalue weighted by atomic mass is 16.3. The van der Waals surface area contributed by atoms with E-state index in [-0.39, 0.29) is 5.41 Å². The molecule has 1 N–H and O–H groups in total. The Hall–Kier alpha value is -0.765. The Labute approximate surface area is 131 Å². The molecule has 0 aliphatic rings. The van der Waals surface area contributed by atoms with Crippen LogP contribution in [0.4, 0.5) is 0 Å². The molecule has 0 spiro atoms. The molecule has 119 valence electrons. The Morgan fingerprint density at radius 3 is 2.52 bits per heavy atom. The first kappa shape index (κ1) is 18.3. The van der Waals surface area contributed by atoms with Gasteiger partial charge in [-0.05, 0) is 44.3 Å². The number of unbranched alkanes of at least 4 members (excludes halogenated alkanes) is 2. The monoisotopic (exact) mass is 291 g/mol. The molecule has 21 heavy (non-hydrogen) atoms. The summed E-state index contributed by atoms with van der Waals surface area (Å²) in [5.41, 5.74) is 0.311. The summed E-state index contributed by atoms with van der Waals surface area (Å²) in [7, 11) is 2.21. The molecule has 0 saturated heterocycles. The molecule has 1 unspecified atom stereocenters. The highest BCUT2D eigenvalue weighted by molar-refractivity contribution is 6.52. The predicted octanol–water partition coefficient (Wildman–Crippen LogP) is 3.57. The summed E-state index contributed by atoms with van der Waals surface area (Å²) in [6.07, 6.45) is 7.68. The third kappa shape index (κ3) is 5.17. The van der Waals surface area contributed by atoms with Crippen molar-refractivity contribution in [3.8, 4) is 0 Å². The van der Waals surface area contributed by atoms with E-state index in [1.807, 2.05) is 20.0 Å². The van der Waals surface area contributed by atoms with Crippen molar-refractivity contribution in [2.24, 2.45) is 5.41 Å². The number of aliphatic hydroxyl groups is 1.